The van der Waals surface area contributed by atoms with Crippen molar-refractivity contribution in [3.05, 3.63) is 78.2 Å². The number of aromatic nitrogens is 6. The van der Waals surface area contributed by atoms with Gasteiger partial charge in [-0.05, 0) is 11.6 Å². The molecule has 1 fully saturated rings. The molecule has 0 bridgehead atoms. The maximum atomic E-state index is 12.9. The fraction of sp³-hybridized carbons (Fsp3) is 0.250. The smallest absolute Gasteiger partial charge is 0.183 e. The van der Waals surface area contributed by atoms with Gasteiger partial charge in [0.2, 0.25) is 0 Å². The molecule has 2 aromatic carbocycles. The Labute approximate surface area is 214 Å². The number of hydrogen-bond donors (Lipinski definition) is 1. The lowest BCUT2D eigenvalue weighted by atomic mass is 10.0. The van der Waals surface area contributed by atoms with Gasteiger partial charge in [-0.15, -0.1) is 0 Å². The number of hydrogen-bond acceptors (Lipinski definition) is 7. The fourth-order valence-corrected chi connectivity index (χ4v) is 4.66. The highest BCUT2D eigenvalue weighted by atomic mass is 16.5. The van der Waals surface area contributed by atoms with Gasteiger partial charge >= 0.3 is 0 Å². The van der Waals surface area contributed by atoms with Crippen LogP contribution < -0.4 is 4.90 Å². The molecule has 1 aliphatic rings. The SMILES string of the molecule is Cn1nc(-c2ccccc2)cc1CC(=O)Cc1ccc(-c2nc3ncnc(N4CCOCC4)c3[nH]2)cc1. The highest BCUT2D eigenvalue weighted by molar-refractivity contribution is 5.86. The van der Waals surface area contributed by atoms with Crippen molar-refractivity contribution in [1.82, 2.24) is 29.7 Å². The van der Waals surface area contributed by atoms with E-state index in [1.165, 1.54) is 0 Å². The molecule has 4 heterocycles. The number of imidazole rings is 1. The van der Waals surface area contributed by atoms with Crippen LogP contribution in [0.4, 0.5) is 5.82 Å². The number of carbonyl (C=O) groups is 1. The van der Waals surface area contributed by atoms with Gasteiger partial charge in [-0.2, -0.15) is 5.10 Å². The summed E-state index contributed by atoms with van der Waals surface area (Å²) in [6.45, 7) is 2.94. The number of anilines is 1. The van der Waals surface area contributed by atoms with Crippen LogP contribution in [0.1, 0.15) is 11.3 Å². The van der Waals surface area contributed by atoms with Crippen LogP contribution in [0.3, 0.4) is 0 Å². The molecule has 9 nitrogen and oxygen atoms in total. The molecule has 3 aromatic heterocycles. The van der Waals surface area contributed by atoms with Crippen molar-refractivity contribution in [3.8, 4) is 22.6 Å². The molecule has 0 radical (unpaired) electrons. The predicted molar refractivity (Wildman–Crippen MR) is 141 cm³/mol. The van der Waals surface area contributed by atoms with E-state index in [4.69, 9.17) is 4.74 Å². The van der Waals surface area contributed by atoms with Crippen LogP contribution in [-0.2, 0) is 29.4 Å². The van der Waals surface area contributed by atoms with Crippen LogP contribution in [0.15, 0.2) is 67.0 Å². The lowest BCUT2D eigenvalue weighted by molar-refractivity contribution is -0.117. The molecule has 0 spiro atoms. The van der Waals surface area contributed by atoms with Crippen molar-refractivity contribution in [2.24, 2.45) is 7.05 Å². The normalized spacial score (nSPS) is 13.8. The van der Waals surface area contributed by atoms with E-state index in [-0.39, 0.29) is 5.78 Å². The number of benzene rings is 2. The standard InChI is InChI=1S/C28H27N7O2/c1-34-22(17-24(33-34)20-5-3-2-4-6-20)16-23(36)15-19-7-9-21(10-8-19)26-31-25-27(32-26)29-18-30-28(25)35-11-13-37-14-12-35/h2-10,17-18H,11-16H2,1H3,(H,29,30,31,32). The average molecular weight is 494 g/mol. The zero-order valence-corrected chi connectivity index (χ0v) is 20.6. The van der Waals surface area contributed by atoms with Crippen LogP contribution in [-0.4, -0.2) is 61.8 Å². The third kappa shape index (κ3) is 4.85. The topological polar surface area (TPSA) is 102 Å². The van der Waals surface area contributed by atoms with Crippen molar-refractivity contribution in [1.29, 1.82) is 0 Å². The first-order valence-electron chi connectivity index (χ1n) is 12.4. The van der Waals surface area contributed by atoms with Gasteiger partial charge in [-0.3, -0.25) is 9.48 Å². The minimum Gasteiger partial charge on any atom is -0.378 e. The van der Waals surface area contributed by atoms with Crippen LogP contribution in [0.25, 0.3) is 33.8 Å². The van der Waals surface area contributed by atoms with E-state index in [1.54, 1.807) is 11.0 Å². The van der Waals surface area contributed by atoms with E-state index >= 15 is 0 Å². The van der Waals surface area contributed by atoms with Gasteiger partial charge in [0.05, 0.1) is 18.9 Å². The second-order valence-corrected chi connectivity index (χ2v) is 9.18. The summed E-state index contributed by atoms with van der Waals surface area (Å²) < 4.78 is 7.26. The molecule has 1 N–H and O–H groups in total. The van der Waals surface area contributed by atoms with Gasteiger partial charge in [-0.1, -0.05) is 54.6 Å². The Morgan fingerprint density at radius 2 is 1.76 bits per heavy atom. The Kier molecular flexibility index (Phi) is 6.20. The van der Waals surface area contributed by atoms with Gasteiger partial charge in [0.15, 0.2) is 11.5 Å². The summed E-state index contributed by atoms with van der Waals surface area (Å²) in [5.41, 5.74) is 6.18. The number of Topliss-reactive ketones (excluding diaryl/α,β-unsaturated/α-hetero) is 1. The summed E-state index contributed by atoms with van der Waals surface area (Å²) in [7, 11) is 1.88. The number of aryl methyl sites for hydroxylation is 1. The second-order valence-electron chi connectivity index (χ2n) is 9.18. The monoisotopic (exact) mass is 493 g/mol. The molecule has 0 aliphatic carbocycles. The van der Waals surface area contributed by atoms with Gasteiger partial charge in [0.1, 0.15) is 23.5 Å². The van der Waals surface area contributed by atoms with Gasteiger partial charge in [0.25, 0.3) is 0 Å². The molecule has 186 valence electrons. The van der Waals surface area contributed by atoms with E-state index in [0.717, 1.165) is 58.3 Å². The zero-order valence-electron chi connectivity index (χ0n) is 20.6. The van der Waals surface area contributed by atoms with Crippen molar-refractivity contribution in [2.45, 2.75) is 12.8 Å². The van der Waals surface area contributed by atoms with Crippen molar-refractivity contribution in [3.63, 3.8) is 0 Å². The molecular formula is C28H27N7O2. The Morgan fingerprint density at radius 1 is 0.973 bits per heavy atom. The number of nitrogens with zero attached hydrogens (tertiary/aromatic N) is 6. The minimum atomic E-state index is 0.143. The van der Waals surface area contributed by atoms with Crippen LogP contribution in [0.2, 0.25) is 0 Å². The number of ether oxygens (including phenoxy) is 1. The number of ketones is 1. The molecule has 9 heteroatoms. The van der Waals surface area contributed by atoms with E-state index in [1.807, 2.05) is 67.7 Å². The maximum Gasteiger partial charge on any atom is 0.183 e. The van der Waals surface area contributed by atoms with Gasteiger partial charge in [0, 0.05) is 49.8 Å². The summed E-state index contributed by atoms with van der Waals surface area (Å²) in [6.07, 6.45) is 2.25. The van der Waals surface area contributed by atoms with Crippen molar-refractivity contribution >= 4 is 22.8 Å². The Morgan fingerprint density at radius 3 is 2.54 bits per heavy atom. The third-order valence-electron chi connectivity index (χ3n) is 6.63. The highest BCUT2D eigenvalue weighted by Gasteiger charge is 2.19. The van der Waals surface area contributed by atoms with Crippen LogP contribution in [0.5, 0.6) is 0 Å². The van der Waals surface area contributed by atoms with Crippen LogP contribution in [0, 0.1) is 0 Å². The molecule has 37 heavy (non-hydrogen) atoms. The predicted octanol–water partition coefficient (Wildman–Crippen LogP) is 3.61. The van der Waals surface area contributed by atoms with E-state index in [0.29, 0.717) is 31.7 Å². The molecule has 6 rings (SSSR count). The summed E-state index contributed by atoms with van der Waals surface area (Å²) in [5.74, 6) is 1.72. The first-order chi connectivity index (χ1) is 18.1. The Balaban J connectivity index is 1.15. The summed E-state index contributed by atoms with van der Waals surface area (Å²) in [6, 6.07) is 19.9. The van der Waals surface area contributed by atoms with Crippen molar-refractivity contribution in [2.75, 3.05) is 31.2 Å². The molecule has 5 aromatic rings. The number of carbonyl (C=O) groups excluding carboxylic acids is 1. The summed E-state index contributed by atoms with van der Waals surface area (Å²) >= 11 is 0. The lowest BCUT2D eigenvalue weighted by Gasteiger charge is -2.27. The van der Waals surface area contributed by atoms with Crippen LogP contribution >= 0.6 is 0 Å². The molecule has 0 unspecified atom stereocenters. The zero-order chi connectivity index (χ0) is 25.2. The highest BCUT2D eigenvalue weighted by Crippen LogP contribution is 2.26. The number of fused-ring (bicyclic) bond motifs is 1. The molecule has 1 saturated heterocycles. The Hall–Kier alpha value is -4.37. The second kappa shape index (κ2) is 9.94. The minimum absolute atomic E-state index is 0.143. The number of rotatable bonds is 7. The fourth-order valence-electron chi connectivity index (χ4n) is 4.66. The van der Waals surface area contributed by atoms with E-state index < -0.39 is 0 Å². The number of morpholine rings is 1. The summed E-state index contributed by atoms with van der Waals surface area (Å²) in [5, 5.41) is 4.58. The van der Waals surface area contributed by atoms with E-state index in [2.05, 4.69) is 29.9 Å². The third-order valence-corrected chi connectivity index (χ3v) is 6.63. The molecular weight excluding hydrogens is 466 g/mol. The average Bonchev–Trinajstić information content (AvgIpc) is 3.53. The van der Waals surface area contributed by atoms with Gasteiger partial charge < -0.3 is 14.6 Å². The quantitative estimate of drug-likeness (QED) is 0.370. The van der Waals surface area contributed by atoms with Crippen molar-refractivity contribution < 1.29 is 9.53 Å². The maximum absolute atomic E-state index is 12.9. The molecule has 0 amide bonds. The molecule has 1 aliphatic heterocycles. The first kappa shape index (κ1) is 23.1. The number of nitrogens with one attached hydrogen (secondary N) is 1. The molecule has 0 saturated carbocycles. The lowest BCUT2D eigenvalue weighted by Crippen LogP contribution is -2.36. The largest absolute Gasteiger partial charge is 0.378 e. The number of aromatic amines is 1. The Bertz CT molecular complexity index is 1530. The van der Waals surface area contributed by atoms with Gasteiger partial charge in [-0.25, -0.2) is 15.0 Å². The molecule has 0 atom stereocenters. The first-order valence-corrected chi connectivity index (χ1v) is 12.4. The summed E-state index contributed by atoms with van der Waals surface area (Å²) in [4.78, 5) is 32.0. The van der Waals surface area contributed by atoms with E-state index in [9.17, 15) is 4.79 Å². The number of H-pyrrole nitrogens is 1.